The third-order valence-electron chi connectivity index (χ3n) is 4.94. The van der Waals surface area contributed by atoms with Gasteiger partial charge in [0, 0.05) is 24.5 Å². The number of morpholine rings is 1. The third kappa shape index (κ3) is 4.27. The number of carbonyl (C=O) groups excluding carboxylic acids is 1. The Balaban J connectivity index is 1.66. The second-order valence-electron chi connectivity index (χ2n) is 6.78. The minimum Gasteiger partial charge on any atom is -0.457 e. The van der Waals surface area contributed by atoms with Gasteiger partial charge in [-0.25, -0.2) is 4.39 Å². The highest BCUT2D eigenvalue weighted by atomic mass is 19.1. The summed E-state index contributed by atoms with van der Waals surface area (Å²) in [6, 6.07) is 18.1. The number of nitrogens with zero attached hydrogens (tertiary/aromatic N) is 2. The van der Waals surface area contributed by atoms with Gasteiger partial charge >= 0.3 is 0 Å². The zero-order valence-electron chi connectivity index (χ0n) is 15.8. The van der Waals surface area contributed by atoms with Crippen molar-refractivity contribution in [3.63, 3.8) is 0 Å². The predicted molar refractivity (Wildman–Crippen MR) is 106 cm³/mol. The molecular weight excluding hydrogens is 371 g/mol. The van der Waals surface area contributed by atoms with Crippen LogP contribution in [0.1, 0.15) is 22.7 Å². The summed E-state index contributed by atoms with van der Waals surface area (Å²) in [6.45, 7) is 0.0467. The molecule has 0 bridgehead atoms. The van der Waals surface area contributed by atoms with Crippen molar-refractivity contribution in [2.45, 2.75) is 19.3 Å². The lowest BCUT2D eigenvalue weighted by atomic mass is 10.0. The molecule has 1 atom stereocenters. The number of para-hydroxylation sites is 1. The van der Waals surface area contributed by atoms with Gasteiger partial charge in [0.1, 0.15) is 24.8 Å². The Kier molecular flexibility index (Phi) is 5.81. The number of ether oxygens (including phenoxy) is 2. The molecule has 1 aliphatic rings. The van der Waals surface area contributed by atoms with Gasteiger partial charge in [0.05, 0.1) is 12.6 Å². The Labute approximate surface area is 168 Å². The van der Waals surface area contributed by atoms with Gasteiger partial charge in [-0.2, -0.15) is 0 Å². The molecule has 4 rings (SSSR count). The van der Waals surface area contributed by atoms with Crippen molar-refractivity contribution in [2.75, 3.05) is 13.2 Å². The van der Waals surface area contributed by atoms with Crippen LogP contribution in [-0.2, 0) is 22.8 Å². The standard InChI is InChI=1S/C23H21FN2O3/c24-12-17-6-4-5-7-18(17)14-26-21(15-28-16-23(26)27)20-13-25-11-10-22(20)29-19-8-2-1-3-9-19/h1-11,13,21H,12,14-16H2. The molecule has 3 aromatic rings. The molecule has 0 spiro atoms. The van der Waals surface area contributed by atoms with E-state index in [0.29, 0.717) is 30.2 Å². The van der Waals surface area contributed by atoms with Gasteiger partial charge in [-0.15, -0.1) is 0 Å². The number of pyridine rings is 1. The molecule has 2 aromatic carbocycles. The highest BCUT2D eigenvalue weighted by Crippen LogP contribution is 2.35. The minimum atomic E-state index is -0.575. The van der Waals surface area contributed by atoms with Gasteiger partial charge in [0.15, 0.2) is 0 Å². The Morgan fingerprint density at radius 2 is 1.83 bits per heavy atom. The molecule has 0 N–H and O–H groups in total. The van der Waals surface area contributed by atoms with E-state index in [-0.39, 0.29) is 18.6 Å². The number of aromatic nitrogens is 1. The molecule has 0 saturated carbocycles. The molecule has 29 heavy (non-hydrogen) atoms. The van der Waals surface area contributed by atoms with Crippen LogP contribution in [-0.4, -0.2) is 29.0 Å². The molecule has 5 nitrogen and oxygen atoms in total. The molecular formula is C23H21FN2O3. The molecule has 0 aliphatic carbocycles. The summed E-state index contributed by atoms with van der Waals surface area (Å²) < 4.78 is 25.0. The van der Waals surface area contributed by atoms with Crippen LogP contribution in [0.25, 0.3) is 0 Å². The minimum absolute atomic E-state index is 0.00340. The van der Waals surface area contributed by atoms with Crippen LogP contribution in [0.4, 0.5) is 4.39 Å². The summed E-state index contributed by atoms with van der Waals surface area (Å²) >= 11 is 0. The number of carbonyl (C=O) groups is 1. The van der Waals surface area contributed by atoms with Crippen LogP contribution in [0.5, 0.6) is 11.5 Å². The number of alkyl halides is 1. The van der Waals surface area contributed by atoms with E-state index in [2.05, 4.69) is 4.98 Å². The van der Waals surface area contributed by atoms with Gasteiger partial charge in [-0.05, 0) is 29.3 Å². The molecule has 148 valence electrons. The maximum Gasteiger partial charge on any atom is 0.249 e. The molecule has 2 heterocycles. The molecule has 1 saturated heterocycles. The Hall–Kier alpha value is -3.25. The van der Waals surface area contributed by atoms with Crippen molar-refractivity contribution in [3.8, 4) is 11.5 Å². The second kappa shape index (κ2) is 8.84. The topological polar surface area (TPSA) is 51.7 Å². The lowest BCUT2D eigenvalue weighted by molar-refractivity contribution is -0.149. The van der Waals surface area contributed by atoms with Crippen LogP contribution in [0.15, 0.2) is 73.1 Å². The van der Waals surface area contributed by atoms with Crippen LogP contribution in [0, 0.1) is 0 Å². The smallest absolute Gasteiger partial charge is 0.249 e. The van der Waals surface area contributed by atoms with Crippen molar-refractivity contribution in [3.05, 3.63) is 89.7 Å². The second-order valence-corrected chi connectivity index (χ2v) is 6.78. The number of rotatable bonds is 6. The fourth-order valence-electron chi connectivity index (χ4n) is 3.44. The largest absolute Gasteiger partial charge is 0.457 e. The van der Waals surface area contributed by atoms with E-state index < -0.39 is 6.67 Å². The Morgan fingerprint density at radius 3 is 2.62 bits per heavy atom. The molecule has 0 radical (unpaired) electrons. The van der Waals surface area contributed by atoms with E-state index in [1.54, 1.807) is 35.5 Å². The first-order valence-corrected chi connectivity index (χ1v) is 9.43. The number of hydrogen-bond acceptors (Lipinski definition) is 4. The molecule has 1 unspecified atom stereocenters. The molecule has 1 amide bonds. The van der Waals surface area contributed by atoms with E-state index >= 15 is 0 Å². The van der Waals surface area contributed by atoms with Gasteiger partial charge in [-0.1, -0.05) is 42.5 Å². The fourth-order valence-corrected chi connectivity index (χ4v) is 3.44. The molecule has 1 fully saturated rings. The fraction of sp³-hybridized carbons (Fsp3) is 0.217. The average Bonchev–Trinajstić information content (AvgIpc) is 2.77. The number of halogens is 1. The van der Waals surface area contributed by atoms with Gasteiger partial charge in [0.25, 0.3) is 0 Å². The van der Waals surface area contributed by atoms with Crippen molar-refractivity contribution in [1.29, 1.82) is 0 Å². The summed E-state index contributed by atoms with van der Waals surface area (Å²) in [5.41, 5.74) is 2.12. The first-order valence-electron chi connectivity index (χ1n) is 9.43. The highest BCUT2D eigenvalue weighted by molar-refractivity contribution is 5.79. The number of hydrogen-bond donors (Lipinski definition) is 0. The average molecular weight is 392 g/mol. The molecule has 6 heteroatoms. The number of benzene rings is 2. The van der Waals surface area contributed by atoms with Crippen molar-refractivity contribution in [2.24, 2.45) is 0 Å². The van der Waals surface area contributed by atoms with Crippen molar-refractivity contribution in [1.82, 2.24) is 9.88 Å². The first kappa shape index (κ1) is 19.1. The van der Waals surface area contributed by atoms with Crippen LogP contribution >= 0.6 is 0 Å². The summed E-state index contributed by atoms with van der Waals surface area (Å²) in [5, 5.41) is 0. The van der Waals surface area contributed by atoms with E-state index in [1.807, 2.05) is 42.5 Å². The van der Waals surface area contributed by atoms with Gasteiger partial charge in [-0.3, -0.25) is 9.78 Å². The summed E-state index contributed by atoms with van der Waals surface area (Å²) in [7, 11) is 0. The van der Waals surface area contributed by atoms with E-state index in [1.165, 1.54) is 0 Å². The van der Waals surface area contributed by atoms with Crippen LogP contribution in [0.2, 0.25) is 0 Å². The van der Waals surface area contributed by atoms with Crippen molar-refractivity contribution < 1.29 is 18.7 Å². The van der Waals surface area contributed by atoms with Crippen LogP contribution < -0.4 is 4.74 Å². The predicted octanol–water partition coefficient (Wildman–Crippen LogP) is 4.44. The molecule has 1 aliphatic heterocycles. The lowest BCUT2D eigenvalue weighted by Crippen LogP contribution is -2.43. The van der Waals surface area contributed by atoms with Crippen molar-refractivity contribution >= 4 is 5.91 Å². The quantitative estimate of drug-likeness (QED) is 0.622. The zero-order valence-corrected chi connectivity index (χ0v) is 15.8. The Morgan fingerprint density at radius 1 is 1.07 bits per heavy atom. The summed E-state index contributed by atoms with van der Waals surface area (Å²) in [4.78, 5) is 18.6. The van der Waals surface area contributed by atoms with Gasteiger partial charge < -0.3 is 14.4 Å². The number of amides is 1. The summed E-state index contributed by atoms with van der Waals surface area (Å²) in [6.07, 6.45) is 3.34. The third-order valence-corrected chi connectivity index (χ3v) is 4.94. The zero-order chi connectivity index (χ0) is 20.1. The van der Waals surface area contributed by atoms with E-state index in [4.69, 9.17) is 9.47 Å². The maximum atomic E-state index is 13.4. The van der Waals surface area contributed by atoms with E-state index in [9.17, 15) is 9.18 Å². The normalized spacial score (nSPS) is 16.7. The van der Waals surface area contributed by atoms with Gasteiger partial charge in [0.2, 0.25) is 5.91 Å². The first-order chi connectivity index (χ1) is 14.3. The Bertz CT molecular complexity index is 981. The SMILES string of the molecule is O=C1COCC(c2cnccc2Oc2ccccc2)N1Cc1ccccc1CF. The monoisotopic (exact) mass is 392 g/mol. The van der Waals surface area contributed by atoms with E-state index in [0.717, 1.165) is 11.1 Å². The van der Waals surface area contributed by atoms with Crippen LogP contribution in [0.3, 0.4) is 0 Å². The molecule has 1 aromatic heterocycles. The summed E-state index contributed by atoms with van der Waals surface area (Å²) in [5.74, 6) is 1.15. The highest BCUT2D eigenvalue weighted by Gasteiger charge is 2.32. The lowest BCUT2D eigenvalue weighted by Gasteiger charge is -2.36. The maximum absolute atomic E-state index is 13.4.